The van der Waals surface area contributed by atoms with E-state index in [0.717, 1.165) is 4.47 Å². The number of phenolic OH excluding ortho intramolecular Hbond substituents is 1. The number of para-hydroxylation sites is 1. The van der Waals surface area contributed by atoms with Gasteiger partial charge in [-0.15, -0.1) is 0 Å². The molecule has 2 aromatic rings. The molecule has 0 heterocycles. The van der Waals surface area contributed by atoms with Crippen LogP contribution in [0.3, 0.4) is 0 Å². The Labute approximate surface area is 141 Å². The third kappa shape index (κ3) is 4.01. The molecule has 6 nitrogen and oxygen atoms in total. The minimum atomic E-state index is -0.429. The van der Waals surface area contributed by atoms with Crippen molar-refractivity contribution in [2.75, 3.05) is 14.2 Å². The van der Waals surface area contributed by atoms with Crippen LogP contribution >= 0.6 is 15.9 Å². The van der Waals surface area contributed by atoms with E-state index in [9.17, 15) is 9.90 Å². The smallest absolute Gasteiger partial charge is 0.275 e. The van der Waals surface area contributed by atoms with E-state index < -0.39 is 5.91 Å². The van der Waals surface area contributed by atoms with E-state index in [1.807, 2.05) is 0 Å². The number of rotatable bonds is 5. The number of nitrogens with one attached hydrogen (secondary N) is 1. The van der Waals surface area contributed by atoms with Crippen LogP contribution in [0.15, 0.2) is 46.0 Å². The van der Waals surface area contributed by atoms with Crippen molar-refractivity contribution in [3.8, 4) is 17.2 Å². The van der Waals surface area contributed by atoms with Gasteiger partial charge in [0.25, 0.3) is 5.91 Å². The minimum absolute atomic E-state index is 0.0481. The fourth-order valence-electron chi connectivity index (χ4n) is 1.89. The van der Waals surface area contributed by atoms with Gasteiger partial charge in [-0.1, -0.05) is 22.0 Å². The minimum Gasteiger partial charge on any atom is -0.504 e. The fraction of sp³-hybridized carbons (Fsp3) is 0.125. The van der Waals surface area contributed by atoms with E-state index in [1.165, 1.54) is 20.4 Å². The normalized spacial score (nSPS) is 10.6. The van der Waals surface area contributed by atoms with Gasteiger partial charge in [-0.05, 0) is 30.3 Å². The number of hydrogen-bond acceptors (Lipinski definition) is 5. The number of aromatic hydroxyl groups is 1. The summed E-state index contributed by atoms with van der Waals surface area (Å²) in [4.78, 5) is 12.2. The Morgan fingerprint density at radius 1 is 1.22 bits per heavy atom. The molecular weight excluding hydrogens is 364 g/mol. The van der Waals surface area contributed by atoms with Gasteiger partial charge in [-0.25, -0.2) is 5.43 Å². The van der Waals surface area contributed by atoms with Crippen molar-refractivity contribution in [2.24, 2.45) is 5.10 Å². The molecule has 2 N–H and O–H groups in total. The third-order valence-corrected chi connectivity index (χ3v) is 3.52. The maximum absolute atomic E-state index is 12.2. The number of halogens is 1. The van der Waals surface area contributed by atoms with Crippen molar-refractivity contribution in [3.05, 3.63) is 52.0 Å². The standard InChI is InChI=1S/C16H15BrN2O4/c1-22-13-7-6-11(17)8-12(13)16(21)19-18-9-10-4-3-5-14(23-2)15(10)20/h3-9,20H,1-2H3,(H,19,21)/b18-9-. The summed E-state index contributed by atoms with van der Waals surface area (Å²) in [7, 11) is 2.94. The van der Waals surface area contributed by atoms with E-state index in [4.69, 9.17) is 9.47 Å². The number of carbonyl (C=O) groups is 1. The lowest BCUT2D eigenvalue weighted by molar-refractivity contribution is 0.0952. The average molecular weight is 379 g/mol. The van der Waals surface area contributed by atoms with E-state index in [1.54, 1.807) is 36.4 Å². The predicted molar refractivity (Wildman–Crippen MR) is 90.4 cm³/mol. The van der Waals surface area contributed by atoms with Crippen molar-refractivity contribution in [1.82, 2.24) is 5.43 Å². The molecule has 120 valence electrons. The second-order valence-electron chi connectivity index (χ2n) is 4.44. The first-order chi connectivity index (χ1) is 11.1. The van der Waals surface area contributed by atoms with Gasteiger partial charge in [0.05, 0.1) is 26.0 Å². The molecule has 0 bridgehead atoms. The number of ether oxygens (including phenoxy) is 2. The van der Waals surface area contributed by atoms with Gasteiger partial charge in [0, 0.05) is 10.0 Å². The van der Waals surface area contributed by atoms with Crippen LogP contribution in [-0.4, -0.2) is 31.4 Å². The van der Waals surface area contributed by atoms with Crippen LogP contribution in [0.2, 0.25) is 0 Å². The molecule has 0 aromatic heterocycles. The fourth-order valence-corrected chi connectivity index (χ4v) is 2.25. The lowest BCUT2D eigenvalue weighted by atomic mass is 10.2. The summed E-state index contributed by atoms with van der Waals surface area (Å²) in [5, 5.41) is 13.8. The molecule has 0 atom stereocenters. The molecule has 0 aliphatic rings. The molecule has 0 aliphatic heterocycles. The predicted octanol–water partition coefficient (Wildman–Crippen LogP) is 2.94. The molecule has 2 rings (SSSR count). The Morgan fingerprint density at radius 2 is 1.96 bits per heavy atom. The molecule has 0 fully saturated rings. The first kappa shape index (κ1) is 16.8. The van der Waals surface area contributed by atoms with Crippen molar-refractivity contribution in [2.45, 2.75) is 0 Å². The summed E-state index contributed by atoms with van der Waals surface area (Å²) in [6, 6.07) is 10.1. The van der Waals surface area contributed by atoms with E-state index in [-0.39, 0.29) is 5.75 Å². The van der Waals surface area contributed by atoms with Crippen LogP contribution in [0.5, 0.6) is 17.2 Å². The highest BCUT2D eigenvalue weighted by Crippen LogP contribution is 2.28. The van der Waals surface area contributed by atoms with Crippen LogP contribution in [0, 0.1) is 0 Å². The van der Waals surface area contributed by atoms with Crippen LogP contribution in [-0.2, 0) is 0 Å². The Hall–Kier alpha value is -2.54. The second kappa shape index (κ2) is 7.64. The van der Waals surface area contributed by atoms with Gasteiger partial charge in [-0.3, -0.25) is 4.79 Å². The van der Waals surface area contributed by atoms with Gasteiger partial charge in [0.1, 0.15) is 5.75 Å². The third-order valence-electron chi connectivity index (χ3n) is 3.03. The van der Waals surface area contributed by atoms with E-state index in [0.29, 0.717) is 22.6 Å². The SMILES string of the molecule is COc1ccc(Br)cc1C(=O)N/N=C\c1cccc(OC)c1O. The Morgan fingerprint density at radius 3 is 2.65 bits per heavy atom. The first-order valence-electron chi connectivity index (χ1n) is 6.59. The highest BCUT2D eigenvalue weighted by Gasteiger charge is 2.12. The van der Waals surface area contributed by atoms with E-state index >= 15 is 0 Å². The molecule has 23 heavy (non-hydrogen) atoms. The zero-order chi connectivity index (χ0) is 16.8. The van der Waals surface area contributed by atoms with Gasteiger partial charge in [-0.2, -0.15) is 5.10 Å². The summed E-state index contributed by atoms with van der Waals surface area (Å²) in [6.07, 6.45) is 1.33. The molecule has 0 spiro atoms. The van der Waals surface area contributed by atoms with Gasteiger partial charge >= 0.3 is 0 Å². The lowest BCUT2D eigenvalue weighted by Gasteiger charge is -2.07. The number of phenols is 1. The Kier molecular flexibility index (Phi) is 5.59. The number of nitrogens with zero attached hydrogens (tertiary/aromatic N) is 1. The molecule has 1 amide bonds. The van der Waals surface area contributed by atoms with Crippen LogP contribution in [0.25, 0.3) is 0 Å². The quantitative estimate of drug-likeness (QED) is 0.619. The highest BCUT2D eigenvalue weighted by atomic mass is 79.9. The summed E-state index contributed by atoms with van der Waals surface area (Å²) in [6.45, 7) is 0. The maximum Gasteiger partial charge on any atom is 0.275 e. The number of amides is 1. The number of methoxy groups -OCH3 is 2. The summed E-state index contributed by atoms with van der Waals surface area (Å²) in [5.41, 5.74) is 3.16. The van der Waals surface area contributed by atoms with Crippen molar-refractivity contribution in [3.63, 3.8) is 0 Å². The van der Waals surface area contributed by atoms with E-state index in [2.05, 4.69) is 26.5 Å². The molecular formula is C16H15BrN2O4. The zero-order valence-electron chi connectivity index (χ0n) is 12.5. The van der Waals surface area contributed by atoms with Gasteiger partial charge in [0.15, 0.2) is 11.5 Å². The van der Waals surface area contributed by atoms with Crippen molar-refractivity contribution < 1.29 is 19.4 Å². The topological polar surface area (TPSA) is 80.2 Å². The summed E-state index contributed by atoms with van der Waals surface area (Å²) in [5.74, 6) is 0.286. The first-order valence-corrected chi connectivity index (χ1v) is 7.39. The molecule has 0 saturated carbocycles. The zero-order valence-corrected chi connectivity index (χ0v) is 14.1. The maximum atomic E-state index is 12.2. The Balaban J connectivity index is 2.15. The summed E-state index contributed by atoms with van der Waals surface area (Å²) < 4.78 is 10.9. The number of benzene rings is 2. The lowest BCUT2D eigenvalue weighted by Crippen LogP contribution is -2.18. The number of carbonyl (C=O) groups excluding carboxylic acids is 1. The molecule has 2 aromatic carbocycles. The second-order valence-corrected chi connectivity index (χ2v) is 5.36. The van der Waals surface area contributed by atoms with Crippen LogP contribution in [0.4, 0.5) is 0 Å². The van der Waals surface area contributed by atoms with Crippen molar-refractivity contribution >= 4 is 28.1 Å². The monoisotopic (exact) mass is 378 g/mol. The number of hydrogen-bond donors (Lipinski definition) is 2. The molecule has 0 unspecified atom stereocenters. The van der Waals surface area contributed by atoms with Gasteiger partial charge in [0.2, 0.25) is 0 Å². The highest BCUT2D eigenvalue weighted by molar-refractivity contribution is 9.10. The average Bonchev–Trinajstić information content (AvgIpc) is 2.56. The van der Waals surface area contributed by atoms with Crippen LogP contribution < -0.4 is 14.9 Å². The molecule has 0 radical (unpaired) electrons. The Bertz CT molecular complexity index is 747. The largest absolute Gasteiger partial charge is 0.504 e. The van der Waals surface area contributed by atoms with Gasteiger partial charge < -0.3 is 14.6 Å². The van der Waals surface area contributed by atoms with Crippen LogP contribution in [0.1, 0.15) is 15.9 Å². The molecule has 7 heteroatoms. The summed E-state index contributed by atoms with van der Waals surface area (Å²) >= 11 is 3.30. The number of hydrazone groups is 1. The van der Waals surface area contributed by atoms with Crippen molar-refractivity contribution in [1.29, 1.82) is 0 Å². The molecule has 0 saturated heterocycles. The molecule has 0 aliphatic carbocycles.